The number of hydrogen-bond donors (Lipinski definition) is 1. The minimum Gasteiger partial charge on any atom is -0.325 e. The molecule has 0 atom stereocenters. The van der Waals surface area contributed by atoms with Gasteiger partial charge >= 0.3 is 4.87 Å². The van der Waals surface area contributed by atoms with Crippen LogP contribution >= 0.6 is 11.3 Å². The quantitative estimate of drug-likeness (QED) is 0.682. The second-order valence-corrected chi connectivity index (χ2v) is 8.96. The van der Waals surface area contributed by atoms with Gasteiger partial charge in [0.25, 0.3) is 0 Å². The van der Waals surface area contributed by atoms with E-state index in [1.165, 1.54) is 19.2 Å². The summed E-state index contributed by atoms with van der Waals surface area (Å²) in [6, 6.07) is 13.1. The van der Waals surface area contributed by atoms with E-state index in [2.05, 4.69) is 5.32 Å². The minimum atomic E-state index is -3.74. The number of amides is 1. The van der Waals surface area contributed by atoms with Crippen molar-refractivity contribution in [3.63, 3.8) is 0 Å². The van der Waals surface area contributed by atoms with Gasteiger partial charge in [-0.3, -0.25) is 14.2 Å². The highest BCUT2D eigenvalue weighted by molar-refractivity contribution is 7.89. The van der Waals surface area contributed by atoms with Crippen molar-refractivity contribution >= 4 is 43.2 Å². The van der Waals surface area contributed by atoms with Crippen LogP contribution in [-0.2, 0) is 21.4 Å². The van der Waals surface area contributed by atoms with Gasteiger partial charge in [0, 0.05) is 19.3 Å². The van der Waals surface area contributed by atoms with Crippen LogP contribution in [0, 0.1) is 0 Å². The van der Waals surface area contributed by atoms with Crippen molar-refractivity contribution in [2.45, 2.75) is 18.4 Å². The molecule has 3 rings (SSSR count). The average Bonchev–Trinajstić information content (AvgIpc) is 2.96. The normalized spacial score (nSPS) is 11.8. The van der Waals surface area contributed by atoms with Crippen LogP contribution in [-0.4, -0.2) is 36.8 Å². The van der Waals surface area contributed by atoms with E-state index in [0.717, 1.165) is 25.9 Å². The molecular formula is C18H19N3O4S2. The van der Waals surface area contributed by atoms with Crippen LogP contribution in [0.2, 0.25) is 0 Å². The van der Waals surface area contributed by atoms with E-state index in [-0.39, 0.29) is 16.3 Å². The highest BCUT2D eigenvalue weighted by Crippen LogP contribution is 2.22. The number of carbonyl (C=O) groups excluding carboxylic acids is 1. The average molecular weight is 406 g/mol. The third-order valence-corrected chi connectivity index (χ3v) is 6.85. The molecule has 0 unspecified atom stereocenters. The molecule has 0 spiro atoms. The Bertz CT molecular complexity index is 1130. The van der Waals surface area contributed by atoms with Gasteiger partial charge in [-0.2, -0.15) is 4.31 Å². The molecule has 1 N–H and O–H groups in total. The summed E-state index contributed by atoms with van der Waals surface area (Å²) >= 11 is 1.11. The number of nitrogens with one attached hydrogen (secondary N) is 1. The van der Waals surface area contributed by atoms with Crippen molar-refractivity contribution in [3.05, 3.63) is 58.2 Å². The van der Waals surface area contributed by atoms with E-state index >= 15 is 0 Å². The number of sulfonamides is 1. The molecule has 3 aromatic rings. The first-order valence-corrected chi connectivity index (χ1v) is 10.5. The van der Waals surface area contributed by atoms with Crippen molar-refractivity contribution in [2.75, 3.05) is 18.9 Å². The predicted molar refractivity (Wildman–Crippen MR) is 107 cm³/mol. The first-order chi connectivity index (χ1) is 12.8. The van der Waals surface area contributed by atoms with Crippen molar-refractivity contribution in [1.82, 2.24) is 8.87 Å². The molecule has 142 valence electrons. The van der Waals surface area contributed by atoms with Gasteiger partial charge < -0.3 is 5.32 Å². The number of aryl methyl sites for hydroxylation is 1. The van der Waals surface area contributed by atoms with E-state index in [4.69, 9.17) is 0 Å². The van der Waals surface area contributed by atoms with Crippen LogP contribution in [0.5, 0.6) is 0 Å². The summed E-state index contributed by atoms with van der Waals surface area (Å²) in [6.45, 7) is 2.15. The summed E-state index contributed by atoms with van der Waals surface area (Å²) in [5.74, 6) is -0.460. The number of anilines is 1. The van der Waals surface area contributed by atoms with Crippen LogP contribution in [0.3, 0.4) is 0 Å². The Morgan fingerprint density at radius 3 is 2.56 bits per heavy atom. The Morgan fingerprint density at radius 1 is 1.19 bits per heavy atom. The summed E-state index contributed by atoms with van der Waals surface area (Å²) in [4.78, 5) is 24.3. The van der Waals surface area contributed by atoms with E-state index in [1.807, 2.05) is 6.92 Å². The summed E-state index contributed by atoms with van der Waals surface area (Å²) in [5.41, 5.74) is 1.33. The molecule has 1 aromatic heterocycles. The number of hydrogen-bond acceptors (Lipinski definition) is 5. The van der Waals surface area contributed by atoms with Crippen molar-refractivity contribution in [2.24, 2.45) is 0 Å². The molecule has 27 heavy (non-hydrogen) atoms. The molecule has 9 heteroatoms. The second kappa shape index (κ2) is 7.63. The molecule has 0 saturated carbocycles. The first kappa shape index (κ1) is 19.3. The topological polar surface area (TPSA) is 88.5 Å². The van der Waals surface area contributed by atoms with Crippen LogP contribution in [0.1, 0.15) is 6.92 Å². The fourth-order valence-electron chi connectivity index (χ4n) is 2.70. The van der Waals surface area contributed by atoms with Crippen molar-refractivity contribution in [3.8, 4) is 0 Å². The van der Waals surface area contributed by atoms with E-state index < -0.39 is 15.9 Å². The summed E-state index contributed by atoms with van der Waals surface area (Å²) in [6.07, 6.45) is 0. The standard InChI is InChI=1S/C18H19N3O4S2/c1-3-21-15-10-9-13(11-16(15)26-18(21)23)19-17(22)12-20(2)27(24,25)14-7-5-4-6-8-14/h4-11H,3,12H2,1-2H3,(H,19,22). The maximum absolute atomic E-state index is 12.5. The Labute approximate surface area is 160 Å². The second-order valence-electron chi connectivity index (χ2n) is 5.92. The lowest BCUT2D eigenvalue weighted by Crippen LogP contribution is -2.34. The number of benzene rings is 2. The SMILES string of the molecule is CCn1c(=O)sc2cc(NC(=O)CN(C)S(=O)(=O)c3ccccc3)ccc21. The molecule has 1 heterocycles. The zero-order chi connectivity index (χ0) is 19.6. The number of carbonyl (C=O) groups is 1. The van der Waals surface area contributed by atoms with Gasteiger partial charge in [-0.05, 0) is 37.3 Å². The number of fused-ring (bicyclic) bond motifs is 1. The van der Waals surface area contributed by atoms with Gasteiger partial charge in [-0.15, -0.1) is 0 Å². The van der Waals surface area contributed by atoms with Gasteiger partial charge in [-0.25, -0.2) is 8.42 Å². The lowest BCUT2D eigenvalue weighted by Gasteiger charge is -2.17. The summed E-state index contributed by atoms with van der Waals surface area (Å²) in [7, 11) is -2.38. The fraction of sp³-hybridized carbons (Fsp3) is 0.222. The molecule has 0 aliphatic carbocycles. The molecular weight excluding hydrogens is 386 g/mol. The molecule has 2 aromatic carbocycles. The maximum Gasteiger partial charge on any atom is 0.308 e. The number of thiazole rings is 1. The maximum atomic E-state index is 12.5. The summed E-state index contributed by atoms with van der Waals surface area (Å²) in [5, 5.41) is 2.69. The Morgan fingerprint density at radius 2 is 1.89 bits per heavy atom. The molecule has 0 saturated heterocycles. The zero-order valence-corrected chi connectivity index (χ0v) is 16.5. The number of rotatable bonds is 6. The Hall–Kier alpha value is -2.49. The van der Waals surface area contributed by atoms with E-state index in [1.54, 1.807) is 41.0 Å². The summed E-state index contributed by atoms with van der Waals surface area (Å²) < 4.78 is 28.4. The molecule has 0 bridgehead atoms. The lowest BCUT2D eigenvalue weighted by atomic mass is 10.3. The van der Waals surface area contributed by atoms with Crippen LogP contribution in [0.4, 0.5) is 5.69 Å². The zero-order valence-electron chi connectivity index (χ0n) is 14.9. The molecule has 0 fully saturated rings. The van der Waals surface area contributed by atoms with Crippen molar-refractivity contribution < 1.29 is 13.2 Å². The predicted octanol–water partition coefficient (Wildman–Crippen LogP) is 2.34. The Kier molecular flexibility index (Phi) is 5.45. The van der Waals surface area contributed by atoms with Gasteiger partial charge in [-0.1, -0.05) is 29.5 Å². The molecule has 0 aliphatic heterocycles. The smallest absolute Gasteiger partial charge is 0.308 e. The largest absolute Gasteiger partial charge is 0.325 e. The number of likely N-dealkylation sites (N-methyl/N-ethyl adjacent to an activating group) is 1. The van der Waals surface area contributed by atoms with Gasteiger partial charge in [0.1, 0.15) is 0 Å². The van der Waals surface area contributed by atoms with Crippen LogP contribution in [0.15, 0.2) is 58.2 Å². The number of aromatic nitrogens is 1. The Balaban J connectivity index is 1.74. The third-order valence-electron chi connectivity index (χ3n) is 4.09. The van der Waals surface area contributed by atoms with Gasteiger partial charge in [0.2, 0.25) is 15.9 Å². The minimum absolute atomic E-state index is 0.0512. The van der Waals surface area contributed by atoms with Gasteiger partial charge in [0.15, 0.2) is 0 Å². The molecule has 0 radical (unpaired) electrons. The third kappa shape index (κ3) is 3.95. The van der Waals surface area contributed by atoms with Crippen LogP contribution in [0.25, 0.3) is 10.2 Å². The highest BCUT2D eigenvalue weighted by Gasteiger charge is 2.22. The lowest BCUT2D eigenvalue weighted by molar-refractivity contribution is -0.116. The molecule has 0 aliphatic rings. The number of nitrogens with zero attached hydrogens (tertiary/aromatic N) is 2. The van der Waals surface area contributed by atoms with E-state index in [9.17, 15) is 18.0 Å². The van der Waals surface area contributed by atoms with Gasteiger partial charge in [0.05, 0.1) is 21.7 Å². The fourth-order valence-corrected chi connectivity index (χ4v) is 4.85. The molecule has 7 nitrogen and oxygen atoms in total. The van der Waals surface area contributed by atoms with Crippen molar-refractivity contribution in [1.29, 1.82) is 0 Å². The van der Waals surface area contributed by atoms with Crippen LogP contribution < -0.4 is 10.2 Å². The van der Waals surface area contributed by atoms with E-state index in [0.29, 0.717) is 12.2 Å². The highest BCUT2D eigenvalue weighted by atomic mass is 32.2. The molecule has 1 amide bonds. The monoisotopic (exact) mass is 405 g/mol. The first-order valence-electron chi connectivity index (χ1n) is 8.27.